The molecule has 1 unspecified atom stereocenters. The third-order valence-corrected chi connectivity index (χ3v) is 4.40. The van der Waals surface area contributed by atoms with Gasteiger partial charge in [0.05, 0.1) is 11.4 Å². The van der Waals surface area contributed by atoms with E-state index in [1.54, 1.807) is 4.90 Å². The zero-order valence-electron chi connectivity index (χ0n) is 13.9. The van der Waals surface area contributed by atoms with Crippen LogP contribution in [0.3, 0.4) is 0 Å². The van der Waals surface area contributed by atoms with Crippen LogP contribution in [-0.4, -0.2) is 44.2 Å². The number of piperidine rings is 1. The minimum absolute atomic E-state index is 0.103. The summed E-state index contributed by atoms with van der Waals surface area (Å²) < 4.78 is 7.50. The third-order valence-electron chi connectivity index (χ3n) is 3.94. The van der Waals surface area contributed by atoms with Gasteiger partial charge in [0.2, 0.25) is 5.28 Å². The van der Waals surface area contributed by atoms with Gasteiger partial charge in [0.1, 0.15) is 16.4 Å². The summed E-state index contributed by atoms with van der Waals surface area (Å²) in [5, 5.41) is 1.21. The Morgan fingerprint density at radius 2 is 2.08 bits per heavy atom. The van der Waals surface area contributed by atoms with E-state index in [0.29, 0.717) is 23.9 Å². The van der Waals surface area contributed by atoms with Crippen LogP contribution in [0.5, 0.6) is 0 Å². The quantitative estimate of drug-likeness (QED) is 0.554. The maximum Gasteiger partial charge on any atom is 0.410 e. The molecule has 0 bridgehead atoms. The van der Waals surface area contributed by atoms with Crippen LogP contribution in [0.15, 0.2) is 12.3 Å². The minimum atomic E-state index is -0.502. The van der Waals surface area contributed by atoms with Gasteiger partial charge in [0.25, 0.3) is 0 Å². The number of carbonyl (C=O) groups is 1. The Hall–Kier alpha value is -1.53. The van der Waals surface area contributed by atoms with Gasteiger partial charge in [-0.25, -0.2) is 9.78 Å². The molecule has 0 saturated carbocycles. The van der Waals surface area contributed by atoms with Gasteiger partial charge in [-0.3, -0.25) is 0 Å². The Bertz CT molecular complexity index is 769. The fraction of sp³-hybridized carbons (Fsp3) is 0.562. The van der Waals surface area contributed by atoms with E-state index in [-0.39, 0.29) is 17.4 Å². The Kier molecular flexibility index (Phi) is 4.62. The SMILES string of the molecule is CC(C)(C)OC(=O)N1CCCC(n2ccc3c(Cl)nc(Cl)nc32)C1. The lowest BCUT2D eigenvalue weighted by Gasteiger charge is -2.34. The Morgan fingerprint density at radius 1 is 1.33 bits per heavy atom. The van der Waals surface area contributed by atoms with E-state index in [1.807, 2.05) is 37.6 Å². The summed E-state index contributed by atoms with van der Waals surface area (Å²) >= 11 is 12.1. The molecule has 3 rings (SSSR count). The standard InChI is InChI=1S/C16H20Cl2N4O2/c1-16(2,3)24-15(23)21-7-4-5-10(9-21)22-8-6-11-12(17)19-14(18)20-13(11)22/h6,8,10H,4-5,7,9H2,1-3H3. The van der Waals surface area contributed by atoms with Crippen LogP contribution < -0.4 is 0 Å². The number of halogens is 2. The number of nitrogens with zero attached hydrogens (tertiary/aromatic N) is 4. The Morgan fingerprint density at radius 3 is 2.79 bits per heavy atom. The number of ether oxygens (including phenoxy) is 1. The van der Waals surface area contributed by atoms with E-state index in [0.717, 1.165) is 18.2 Å². The first-order valence-corrected chi connectivity index (χ1v) is 8.68. The number of rotatable bonds is 1. The van der Waals surface area contributed by atoms with Crippen LogP contribution in [0, 0.1) is 0 Å². The molecule has 1 amide bonds. The summed E-state index contributed by atoms with van der Waals surface area (Å²) in [6, 6.07) is 1.98. The fourth-order valence-electron chi connectivity index (χ4n) is 2.94. The average molecular weight is 371 g/mol. The smallest absolute Gasteiger partial charge is 0.410 e. The number of hydrogen-bond donors (Lipinski definition) is 0. The van der Waals surface area contributed by atoms with Crippen molar-refractivity contribution in [2.24, 2.45) is 0 Å². The molecule has 1 aliphatic heterocycles. The molecule has 1 atom stereocenters. The zero-order valence-corrected chi connectivity index (χ0v) is 15.4. The summed E-state index contributed by atoms with van der Waals surface area (Å²) in [5.41, 5.74) is 0.189. The Balaban J connectivity index is 1.84. The molecule has 8 heteroatoms. The van der Waals surface area contributed by atoms with E-state index < -0.39 is 5.60 Å². The second-order valence-electron chi connectivity index (χ2n) is 6.97. The van der Waals surface area contributed by atoms with Crippen LogP contribution in [0.25, 0.3) is 11.0 Å². The van der Waals surface area contributed by atoms with E-state index in [4.69, 9.17) is 27.9 Å². The fourth-order valence-corrected chi connectivity index (χ4v) is 3.38. The maximum atomic E-state index is 12.3. The van der Waals surface area contributed by atoms with Crippen molar-refractivity contribution in [3.8, 4) is 0 Å². The molecule has 1 aliphatic rings. The van der Waals surface area contributed by atoms with Crippen molar-refractivity contribution in [1.82, 2.24) is 19.4 Å². The van der Waals surface area contributed by atoms with Crippen molar-refractivity contribution in [2.45, 2.75) is 45.3 Å². The highest BCUT2D eigenvalue weighted by Crippen LogP contribution is 2.30. The third kappa shape index (κ3) is 3.59. The second kappa shape index (κ2) is 6.41. The molecule has 1 saturated heterocycles. The van der Waals surface area contributed by atoms with Gasteiger partial charge in [-0.05, 0) is 51.3 Å². The second-order valence-corrected chi connectivity index (χ2v) is 7.66. The molecule has 0 spiro atoms. The van der Waals surface area contributed by atoms with Crippen molar-refractivity contribution >= 4 is 40.3 Å². The Labute approximate surface area is 150 Å². The van der Waals surface area contributed by atoms with Crippen LogP contribution in [0.1, 0.15) is 39.7 Å². The van der Waals surface area contributed by atoms with E-state index in [1.165, 1.54) is 0 Å². The first kappa shape index (κ1) is 17.3. The van der Waals surface area contributed by atoms with E-state index in [2.05, 4.69) is 9.97 Å². The van der Waals surface area contributed by atoms with Crippen LogP contribution in [-0.2, 0) is 4.74 Å². The van der Waals surface area contributed by atoms with Gasteiger partial charge in [0.15, 0.2) is 0 Å². The van der Waals surface area contributed by atoms with Gasteiger partial charge < -0.3 is 14.2 Å². The number of hydrogen-bond acceptors (Lipinski definition) is 4. The molecule has 2 aromatic rings. The summed E-state index contributed by atoms with van der Waals surface area (Å²) in [6.07, 6.45) is 3.48. The molecule has 0 aromatic carbocycles. The molecule has 0 radical (unpaired) electrons. The maximum absolute atomic E-state index is 12.3. The first-order valence-electron chi connectivity index (χ1n) is 7.92. The molecule has 6 nitrogen and oxygen atoms in total. The lowest BCUT2D eigenvalue weighted by molar-refractivity contribution is 0.0174. The number of amides is 1. The topological polar surface area (TPSA) is 60.2 Å². The molecular formula is C16H20Cl2N4O2. The number of likely N-dealkylation sites (tertiary alicyclic amines) is 1. The van der Waals surface area contributed by atoms with Crippen LogP contribution in [0.4, 0.5) is 4.79 Å². The summed E-state index contributed by atoms with van der Waals surface area (Å²) in [7, 11) is 0. The largest absolute Gasteiger partial charge is 0.444 e. The van der Waals surface area contributed by atoms with Crippen LogP contribution >= 0.6 is 23.2 Å². The molecule has 24 heavy (non-hydrogen) atoms. The molecule has 0 aliphatic carbocycles. The predicted octanol–water partition coefficient (Wildman–Crippen LogP) is 4.31. The lowest BCUT2D eigenvalue weighted by atomic mass is 10.1. The van der Waals surface area contributed by atoms with Crippen LogP contribution in [0.2, 0.25) is 10.4 Å². The van der Waals surface area contributed by atoms with E-state index in [9.17, 15) is 4.79 Å². The normalized spacial score (nSPS) is 18.9. The molecule has 3 heterocycles. The average Bonchev–Trinajstić information content (AvgIpc) is 2.89. The van der Waals surface area contributed by atoms with E-state index >= 15 is 0 Å². The number of fused-ring (bicyclic) bond motifs is 1. The molecule has 0 N–H and O–H groups in total. The highest BCUT2D eigenvalue weighted by Gasteiger charge is 2.29. The van der Waals surface area contributed by atoms with Gasteiger partial charge in [-0.1, -0.05) is 11.6 Å². The highest BCUT2D eigenvalue weighted by molar-refractivity contribution is 6.35. The van der Waals surface area contributed by atoms with Gasteiger partial charge in [0, 0.05) is 19.3 Å². The molecular weight excluding hydrogens is 351 g/mol. The number of aromatic nitrogens is 3. The van der Waals surface area contributed by atoms with Crippen molar-refractivity contribution in [2.75, 3.05) is 13.1 Å². The first-order chi connectivity index (χ1) is 11.2. The summed E-state index contributed by atoms with van der Waals surface area (Å²) in [5.74, 6) is 0. The zero-order chi connectivity index (χ0) is 17.5. The minimum Gasteiger partial charge on any atom is -0.444 e. The predicted molar refractivity (Wildman–Crippen MR) is 93.6 cm³/mol. The monoisotopic (exact) mass is 370 g/mol. The van der Waals surface area contributed by atoms with Crippen molar-refractivity contribution in [3.05, 3.63) is 22.7 Å². The summed E-state index contributed by atoms with van der Waals surface area (Å²) in [6.45, 7) is 6.87. The van der Waals surface area contributed by atoms with Crippen molar-refractivity contribution < 1.29 is 9.53 Å². The highest BCUT2D eigenvalue weighted by atomic mass is 35.5. The van der Waals surface area contributed by atoms with Crippen molar-refractivity contribution in [1.29, 1.82) is 0 Å². The lowest BCUT2D eigenvalue weighted by Crippen LogP contribution is -2.43. The molecule has 130 valence electrons. The van der Waals surface area contributed by atoms with Gasteiger partial charge in [-0.2, -0.15) is 4.98 Å². The van der Waals surface area contributed by atoms with Gasteiger partial charge >= 0.3 is 6.09 Å². The summed E-state index contributed by atoms with van der Waals surface area (Å²) in [4.78, 5) is 22.3. The number of carbonyl (C=O) groups excluding carboxylic acids is 1. The van der Waals surface area contributed by atoms with Gasteiger partial charge in [-0.15, -0.1) is 0 Å². The van der Waals surface area contributed by atoms with Crippen molar-refractivity contribution in [3.63, 3.8) is 0 Å². The molecule has 1 fully saturated rings. The molecule has 2 aromatic heterocycles.